The Morgan fingerprint density at radius 1 is 1.14 bits per heavy atom. The number of halogens is 2. The summed E-state index contributed by atoms with van der Waals surface area (Å²) >= 11 is 9.18. The van der Waals surface area contributed by atoms with E-state index in [1.165, 1.54) is 6.20 Å². The van der Waals surface area contributed by atoms with Gasteiger partial charge in [-0.2, -0.15) is 5.26 Å². The van der Waals surface area contributed by atoms with Gasteiger partial charge in [0.2, 0.25) is 5.28 Å². The molecule has 1 aromatic carbocycles. The summed E-state index contributed by atoms with van der Waals surface area (Å²) in [6, 6.07) is 12.0. The predicted octanol–water partition coefficient (Wildman–Crippen LogP) is 4.10. The van der Waals surface area contributed by atoms with Crippen LogP contribution < -0.4 is 0 Å². The quantitative estimate of drug-likeness (QED) is 0.646. The molecule has 0 spiro atoms. The summed E-state index contributed by atoms with van der Waals surface area (Å²) in [4.78, 5) is 12.4. The number of benzene rings is 1. The minimum atomic E-state index is -0.607. The van der Waals surface area contributed by atoms with Crippen molar-refractivity contribution >= 4 is 38.3 Å². The molecule has 4 nitrogen and oxygen atoms in total. The Morgan fingerprint density at radius 2 is 1.90 bits per heavy atom. The lowest BCUT2D eigenvalue weighted by Gasteiger charge is -2.10. The van der Waals surface area contributed by atoms with Gasteiger partial charge in [0, 0.05) is 17.8 Å². The molecule has 3 rings (SSSR count). The normalized spacial score (nSPS) is 12.0. The van der Waals surface area contributed by atoms with E-state index < -0.39 is 5.92 Å². The van der Waals surface area contributed by atoms with Crippen molar-refractivity contribution in [3.05, 3.63) is 63.9 Å². The molecular formula is C15H8BrClN4. The predicted molar refractivity (Wildman–Crippen MR) is 83.9 cm³/mol. The van der Waals surface area contributed by atoms with Crippen molar-refractivity contribution in [3.63, 3.8) is 0 Å². The van der Waals surface area contributed by atoms with Gasteiger partial charge in [-0.1, -0.05) is 24.3 Å². The molecule has 0 amide bonds. The van der Waals surface area contributed by atoms with Crippen LogP contribution in [0.5, 0.6) is 0 Å². The fourth-order valence-electron chi connectivity index (χ4n) is 2.09. The molecule has 0 aliphatic carbocycles. The Hall–Kier alpha value is -2.03. The molecule has 0 N–H and O–H groups in total. The molecule has 21 heavy (non-hydrogen) atoms. The maximum Gasteiger partial charge on any atom is 0.222 e. The molecule has 2 heterocycles. The summed E-state index contributed by atoms with van der Waals surface area (Å²) in [7, 11) is 0. The van der Waals surface area contributed by atoms with E-state index in [9.17, 15) is 5.26 Å². The largest absolute Gasteiger partial charge is 0.259 e. The van der Waals surface area contributed by atoms with Crippen LogP contribution in [0.25, 0.3) is 10.8 Å². The van der Waals surface area contributed by atoms with E-state index in [2.05, 4.69) is 37.0 Å². The first-order valence-electron chi connectivity index (χ1n) is 6.11. The van der Waals surface area contributed by atoms with Gasteiger partial charge in [0.1, 0.15) is 5.92 Å². The maximum absolute atomic E-state index is 9.51. The van der Waals surface area contributed by atoms with Crippen molar-refractivity contribution in [3.8, 4) is 6.07 Å². The smallest absolute Gasteiger partial charge is 0.222 e. The lowest BCUT2D eigenvalue weighted by atomic mass is 10.0. The van der Waals surface area contributed by atoms with E-state index in [1.807, 2.05) is 30.3 Å². The Balaban J connectivity index is 2.14. The monoisotopic (exact) mass is 358 g/mol. The molecule has 0 aliphatic rings. The van der Waals surface area contributed by atoms with Crippen LogP contribution in [-0.4, -0.2) is 15.0 Å². The Kier molecular flexibility index (Phi) is 3.82. The second kappa shape index (κ2) is 5.76. The average molecular weight is 360 g/mol. The summed E-state index contributed by atoms with van der Waals surface area (Å²) in [5.74, 6) is -0.607. The van der Waals surface area contributed by atoms with E-state index in [-0.39, 0.29) is 5.28 Å². The summed E-state index contributed by atoms with van der Waals surface area (Å²) in [5, 5.41) is 11.7. The van der Waals surface area contributed by atoms with E-state index in [4.69, 9.17) is 11.6 Å². The van der Waals surface area contributed by atoms with Gasteiger partial charge in [0.15, 0.2) is 0 Å². The molecule has 1 unspecified atom stereocenters. The highest BCUT2D eigenvalue weighted by molar-refractivity contribution is 9.10. The van der Waals surface area contributed by atoms with Crippen molar-refractivity contribution in [2.24, 2.45) is 0 Å². The number of hydrogen-bond acceptors (Lipinski definition) is 4. The SMILES string of the molecule is N#CC(c1cc2ccccc2cn1)c1nc(Cl)ncc1Br. The maximum atomic E-state index is 9.51. The molecular weight excluding hydrogens is 352 g/mol. The van der Waals surface area contributed by atoms with E-state index in [1.54, 1.807) is 6.20 Å². The van der Waals surface area contributed by atoms with E-state index >= 15 is 0 Å². The Labute approximate surface area is 134 Å². The van der Waals surface area contributed by atoms with Gasteiger partial charge in [-0.3, -0.25) is 4.98 Å². The summed E-state index contributed by atoms with van der Waals surface area (Å²) in [5.41, 5.74) is 1.15. The number of nitrogens with zero attached hydrogens (tertiary/aromatic N) is 4. The molecule has 0 aliphatic heterocycles. The fourth-order valence-corrected chi connectivity index (χ4v) is 2.65. The van der Waals surface area contributed by atoms with Crippen molar-refractivity contribution < 1.29 is 0 Å². The van der Waals surface area contributed by atoms with Crippen LogP contribution in [0.2, 0.25) is 5.28 Å². The van der Waals surface area contributed by atoms with Gasteiger partial charge in [-0.15, -0.1) is 0 Å². The molecule has 0 bridgehead atoms. The van der Waals surface area contributed by atoms with Crippen molar-refractivity contribution in [2.75, 3.05) is 0 Å². The van der Waals surface area contributed by atoms with Gasteiger partial charge in [0.05, 0.1) is 21.9 Å². The molecule has 0 radical (unpaired) electrons. The van der Waals surface area contributed by atoms with E-state index in [0.717, 1.165) is 10.8 Å². The van der Waals surface area contributed by atoms with Gasteiger partial charge in [-0.05, 0) is 39.0 Å². The topological polar surface area (TPSA) is 62.5 Å². The van der Waals surface area contributed by atoms with Crippen LogP contribution in [0.4, 0.5) is 0 Å². The highest BCUT2D eigenvalue weighted by Crippen LogP contribution is 2.29. The zero-order valence-corrected chi connectivity index (χ0v) is 13.0. The molecule has 0 saturated carbocycles. The Morgan fingerprint density at radius 3 is 2.67 bits per heavy atom. The standard InChI is InChI=1S/C15H8BrClN4/c16-12-8-20-15(17)21-14(12)11(6-18)13-5-9-3-1-2-4-10(9)7-19-13/h1-5,7-8,11H. The third-order valence-electron chi connectivity index (χ3n) is 3.09. The van der Waals surface area contributed by atoms with Crippen LogP contribution in [0.3, 0.4) is 0 Å². The first kappa shape index (κ1) is 13.9. The molecule has 102 valence electrons. The van der Waals surface area contributed by atoms with Crippen LogP contribution in [-0.2, 0) is 0 Å². The number of fused-ring (bicyclic) bond motifs is 1. The van der Waals surface area contributed by atoms with Gasteiger partial charge >= 0.3 is 0 Å². The number of hydrogen-bond donors (Lipinski definition) is 0. The number of nitriles is 1. The summed E-state index contributed by atoms with van der Waals surface area (Å²) < 4.78 is 0.633. The lowest BCUT2D eigenvalue weighted by molar-refractivity contribution is 0.897. The first-order valence-corrected chi connectivity index (χ1v) is 7.28. The van der Waals surface area contributed by atoms with Crippen LogP contribution in [0.15, 0.2) is 47.2 Å². The second-order valence-electron chi connectivity index (χ2n) is 4.39. The highest BCUT2D eigenvalue weighted by atomic mass is 79.9. The van der Waals surface area contributed by atoms with Crippen LogP contribution in [0, 0.1) is 11.3 Å². The Bertz CT molecular complexity index is 860. The van der Waals surface area contributed by atoms with Crippen molar-refractivity contribution in [1.82, 2.24) is 15.0 Å². The average Bonchev–Trinajstić information content (AvgIpc) is 2.51. The van der Waals surface area contributed by atoms with Gasteiger partial charge in [0.25, 0.3) is 0 Å². The van der Waals surface area contributed by atoms with Crippen LogP contribution >= 0.6 is 27.5 Å². The third kappa shape index (κ3) is 2.73. The number of rotatable bonds is 2. The zero-order chi connectivity index (χ0) is 14.8. The summed E-state index contributed by atoms with van der Waals surface area (Å²) in [6.07, 6.45) is 3.29. The molecule has 1 atom stereocenters. The third-order valence-corrected chi connectivity index (χ3v) is 3.89. The van der Waals surface area contributed by atoms with Crippen molar-refractivity contribution in [1.29, 1.82) is 5.26 Å². The highest BCUT2D eigenvalue weighted by Gasteiger charge is 2.20. The van der Waals surface area contributed by atoms with Gasteiger partial charge in [-0.25, -0.2) is 9.97 Å². The molecule has 3 aromatic rings. The molecule has 6 heteroatoms. The molecule has 0 saturated heterocycles. The number of pyridine rings is 1. The van der Waals surface area contributed by atoms with Crippen LogP contribution in [0.1, 0.15) is 17.3 Å². The molecule has 2 aromatic heterocycles. The fraction of sp³-hybridized carbons (Fsp3) is 0.0667. The lowest BCUT2D eigenvalue weighted by Crippen LogP contribution is -2.05. The van der Waals surface area contributed by atoms with Gasteiger partial charge < -0.3 is 0 Å². The minimum absolute atomic E-state index is 0.106. The molecule has 0 fully saturated rings. The summed E-state index contributed by atoms with van der Waals surface area (Å²) in [6.45, 7) is 0. The number of aromatic nitrogens is 3. The first-order chi connectivity index (χ1) is 10.2. The zero-order valence-electron chi connectivity index (χ0n) is 10.7. The van der Waals surface area contributed by atoms with Crippen molar-refractivity contribution in [2.45, 2.75) is 5.92 Å². The van der Waals surface area contributed by atoms with E-state index in [0.29, 0.717) is 15.9 Å². The second-order valence-corrected chi connectivity index (χ2v) is 5.58. The minimum Gasteiger partial charge on any atom is -0.259 e.